The number of hydrogen-bond donors (Lipinski definition) is 1. The SMILES string of the molecule is Cc1ccc(S(=O)(=O)N(C)c2c(C(=O)Nc3ccc(CN4CCCCC4)cc3)cnn2C)cc1. The Morgan fingerprint density at radius 2 is 1.68 bits per heavy atom. The first-order valence-electron chi connectivity index (χ1n) is 11.5. The summed E-state index contributed by atoms with van der Waals surface area (Å²) in [5.41, 5.74) is 2.99. The van der Waals surface area contributed by atoms with Crippen molar-refractivity contribution in [2.24, 2.45) is 7.05 Å². The van der Waals surface area contributed by atoms with Crippen LogP contribution in [0.4, 0.5) is 11.5 Å². The summed E-state index contributed by atoms with van der Waals surface area (Å²) in [5, 5.41) is 7.01. The summed E-state index contributed by atoms with van der Waals surface area (Å²) in [6.07, 6.45) is 5.18. The van der Waals surface area contributed by atoms with Gasteiger partial charge in [0.2, 0.25) is 0 Å². The molecule has 0 saturated carbocycles. The first-order chi connectivity index (χ1) is 16.3. The Hall–Kier alpha value is -3.17. The van der Waals surface area contributed by atoms with Gasteiger partial charge in [0.1, 0.15) is 5.56 Å². The van der Waals surface area contributed by atoms with E-state index in [2.05, 4.69) is 15.3 Å². The van der Waals surface area contributed by atoms with Gasteiger partial charge in [-0.15, -0.1) is 0 Å². The van der Waals surface area contributed by atoms with Crippen LogP contribution in [0.3, 0.4) is 0 Å². The van der Waals surface area contributed by atoms with E-state index in [4.69, 9.17) is 0 Å². The fourth-order valence-electron chi connectivity index (χ4n) is 4.21. The second-order valence-corrected chi connectivity index (χ2v) is 10.7. The highest BCUT2D eigenvalue weighted by Gasteiger charge is 2.28. The van der Waals surface area contributed by atoms with Crippen molar-refractivity contribution in [3.63, 3.8) is 0 Å². The van der Waals surface area contributed by atoms with E-state index in [1.54, 1.807) is 31.3 Å². The van der Waals surface area contributed by atoms with Crippen LogP contribution in [0.25, 0.3) is 0 Å². The van der Waals surface area contributed by atoms with Crippen molar-refractivity contribution in [2.75, 3.05) is 29.8 Å². The van der Waals surface area contributed by atoms with Gasteiger partial charge < -0.3 is 5.32 Å². The largest absolute Gasteiger partial charge is 0.322 e. The number of carbonyl (C=O) groups is 1. The van der Waals surface area contributed by atoms with E-state index in [1.165, 1.54) is 42.8 Å². The maximum absolute atomic E-state index is 13.2. The summed E-state index contributed by atoms with van der Waals surface area (Å²) in [5.74, 6) is -0.224. The fraction of sp³-hybridized carbons (Fsp3) is 0.360. The smallest absolute Gasteiger partial charge is 0.265 e. The number of aryl methyl sites for hydroxylation is 2. The topological polar surface area (TPSA) is 87.5 Å². The molecule has 9 heteroatoms. The van der Waals surface area contributed by atoms with Crippen molar-refractivity contribution in [1.29, 1.82) is 0 Å². The predicted octanol–water partition coefficient (Wildman–Crippen LogP) is 3.79. The average Bonchev–Trinajstić information content (AvgIpc) is 3.22. The first-order valence-corrected chi connectivity index (χ1v) is 12.9. The monoisotopic (exact) mass is 481 g/mol. The molecule has 0 spiro atoms. The normalized spacial score (nSPS) is 14.7. The van der Waals surface area contributed by atoms with Gasteiger partial charge in [-0.25, -0.2) is 8.42 Å². The third-order valence-electron chi connectivity index (χ3n) is 6.20. The number of nitrogens with zero attached hydrogens (tertiary/aromatic N) is 4. The number of likely N-dealkylation sites (tertiary alicyclic amines) is 1. The maximum Gasteiger partial charge on any atom is 0.265 e. The van der Waals surface area contributed by atoms with Gasteiger partial charge in [0.25, 0.3) is 15.9 Å². The molecule has 1 aromatic heterocycles. The lowest BCUT2D eigenvalue weighted by Crippen LogP contribution is -2.30. The molecule has 1 aliphatic heterocycles. The molecular weight excluding hydrogens is 450 g/mol. The van der Waals surface area contributed by atoms with Gasteiger partial charge in [-0.3, -0.25) is 18.7 Å². The van der Waals surface area contributed by atoms with Crippen molar-refractivity contribution < 1.29 is 13.2 Å². The predicted molar refractivity (Wildman–Crippen MR) is 133 cm³/mol. The zero-order valence-electron chi connectivity index (χ0n) is 19.9. The van der Waals surface area contributed by atoms with E-state index in [-0.39, 0.29) is 16.3 Å². The van der Waals surface area contributed by atoms with E-state index in [0.717, 1.165) is 29.5 Å². The number of anilines is 2. The Kier molecular flexibility index (Phi) is 7.04. The highest BCUT2D eigenvalue weighted by molar-refractivity contribution is 7.92. The Bertz CT molecular complexity index is 1240. The van der Waals surface area contributed by atoms with E-state index < -0.39 is 15.9 Å². The molecular formula is C25H31N5O3S. The Morgan fingerprint density at radius 1 is 1.03 bits per heavy atom. The number of rotatable bonds is 7. The highest BCUT2D eigenvalue weighted by Crippen LogP contribution is 2.26. The zero-order chi connectivity index (χ0) is 24.3. The molecule has 0 unspecified atom stereocenters. The van der Waals surface area contributed by atoms with Crippen molar-refractivity contribution in [3.8, 4) is 0 Å². The minimum absolute atomic E-state index is 0.150. The standard InChI is InChI=1S/C25H31N5O3S/c1-19-7-13-22(14-8-19)34(32,33)29(3)25-23(17-26-28(25)2)24(31)27-21-11-9-20(10-12-21)18-30-15-5-4-6-16-30/h7-14,17H,4-6,15-16,18H2,1-3H3,(H,27,31). The molecule has 1 saturated heterocycles. The lowest BCUT2D eigenvalue weighted by Gasteiger charge is -2.26. The number of carbonyl (C=O) groups excluding carboxylic acids is 1. The van der Waals surface area contributed by atoms with Gasteiger partial charge in [0.15, 0.2) is 5.82 Å². The molecule has 1 fully saturated rings. The van der Waals surface area contributed by atoms with Gasteiger partial charge in [0.05, 0.1) is 11.1 Å². The van der Waals surface area contributed by atoms with Crippen molar-refractivity contribution >= 4 is 27.4 Å². The molecule has 0 bridgehead atoms. The van der Waals surface area contributed by atoms with Crippen LogP contribution in [0.15, 0.2) is 59.6 Å². The van der Waals surface area contributed by atoms with Crippen LogP contribution in [-0.4, -0.2) is 49.1 Å². The number of amides is 1. The average molecular weight is 482 g/mol. The summed E-state index contributed by atoms with van der Waals surface area (Å²) >= 11 is 0. The summed E-state index contributed by atoms with van der Waals surface area (Å²) in [6, 6.07) is 14.4. The molecule has 2 heterocycles. The summed E-state index contributed by atoms with van der Waals surface area (Å²) in [4.78, 5) is 15.7. The lowest BCUT2D eigenvalue weighted by molar-refractivity contribution is 0.102. The van der Waals surface area contributed by atoms with Gasteiger partial charge in [-0.05, 0) is 62.7 Å². The summed E-state index contributed by atoms with van der Waals surface area (Å²) in [6.45, 7) is 5.05. The van der Waals surface area contributed by atoms with Crippen molar-refractivity contribution in [3.05, 3.63) is 71.4 Å². The Balaban J connectivity index is 1.50. The number of hydrogen-bond acceptors (Lipinski definition) is 5. The number of nitrogens with one attached hydrogen (secondary N) is 1. The lowest BCUT2D eigenvalue weighted by atomic mass is 10.1. The molecule has 180 valence electrons. The van der Waals surface area contributed by atoms with Gasteiger partial charge in [-0.1, -0.05) is 36.2 Å². The summed E-state index contributed by atoms with van der Waals surface area (Å²) < 4.78 is 28.8. The van der Waals surface area contributed by atoms with Crippen LogP contribution in [0.5, 0.6) is 0 Å². The number of piperidine rings is 1. The molecule has 2 aromatic carbocycles. The van der Waals surface area contributed by atoms with E-state index in [1.807, 2.05) is 31.2 Å². The van der Waals surface area contributed by atoms with Gasteiger partial charge in [0, 0.05) is 26.3 Å². The van der Waals surface area contributed by atoms with Gasteiger partial charge in [-0.2, -0.15) is 5.10 Å². The fourth-order valence-corrected chi connectivity index (χ4v) is 5.45. The molecule has 34 heavy (non-hydrogen) atoms. The van der Waals surface area contributed by atoms with Crippen LogP contribution in [-0.2, 0) is 23.6 Å². The molecule has 4 rings (SSSR count). The molecule has 8 nitrogen and oxygen atoms in total. The van der Waals surface area contributed by atoms with Crippen LogP contribution in [0.2, 0.25) is 0 Å². The third kappa shape index (κ3) is 5.15. The number of aromatic nitrogens is 2. The third-order valence-corrected chi connectivity index (χ3v) is 7.96. The second kappa shape index (κ2) is 9.99. The van der Waals surface area contributed by atoms with E-state index >= 15 is 0 Å². The highest BCUT2D eigenvalue weighted by atomic mass is 32.2. The van der Waals surface area contributed by atoms with Crippen LogP contribution in [0, 0.1) is 6.92 Å². The molecule has 3 aromatic rings. The molecule has 1 aliphatic rings. The minimum Gasteiger partial charge on any atom is -0.322 e. The molecule has 1 N–H and O–H groups in total. The Morgan fingerprint density at radius 3 is 2.32 bits per heavy atom. The molecule has 1 amide bonds. The number of benzene rings is 2. The maximum atomic E-state index is 13.2. The number of sulfonamides is 1. The quantitative estimate of drug-likeness (QED) is 0.555. The van der Waals surface area contributed by atoms with Crippen molar-refractivity contribution in [2.45, 2.75) is 37.6 Å². The molecule has 0 atom stereocenters. The minimum atomic E-state index is -3.86. The van der Waals surface area contributed by atoms with Crippen LogP contribution in [0.1, 0.15) is 40.7 Å². The molecule has 0 radical (unpaired) electrons. The zero-order valence-corrected chi connectivity index (χ0v) is 20.7. The van der Waals surface area contributed by atoms with Crippen LogP contribution < -0.4 is 9.62 Å². The Labute approximate surface area is 201 Å². The van der Waals surface area contributed by atoms with Crippen LogP contribution >= 0.6 is 0 Å². The van der Waals surface area contributed by atoms with E-state index in [0.29, 0.717) is 5.69 Å². The van der Waals surface area contributed by atoms with Gasteiger partial charge >= 0.3 is 0 Å². The summed E-state index contributed by atoms with van der Waals surface area (Å²) in [7, 11) is -0.819. The molecule has 0 aliphatic carbocycles. The van der Waals surface area contributed by atoms with E-state index in [9.17, 15) is 13.2 Å². The first kappa shape index (κ1) is 24.0. The second-order valence-electron chi connectivity index (χ2n) is 8.78. The van der Waals surface area contributed by atoms with Crippen molar-refractivity contribution in [1.82, 2.24) is 14.7 Å².